The summed E-state index contributed by atoms with van der Waals surface area (Å²) in [6.07, 6.45) is 0. The molecule has 1 N–H and O–H groups in total. The van der Waals surface area contributed by atoms with Crippen LogP contribution in [0.25, 0.3) is 0 Å². The van der Waals surface area contributed by atoms with Crippen LogP contribution in [-0.2, 0) is 20.1 Å². The Morgan fingerprint density at radius 1 is 1.47 bits per heavy atom. The van der Waals surface area contributed by atoms with Gasteiger partial charge in [-0.1, -0.05) is 35.0 Å². The summed E-state index contributed by atoms with van der Waals surface area (Å²) in [4.78, 5) is 11.3. The van der Waals surface area contributed by atoms with Crippen molar-refractivity contribution in [3.63, 3.8) is 0 Å². The minimum atomic E-state index is -1.83. The van der Waals surface area contributed by atoms with E-state index in [1.54, 1.807) is 12.1 Å². The summed E-state index contributed by atoms with van der Waals surface area (Å²) in [5.41, 5.74) is 1.42. The van der Waals surface area contributed by atoms with Crippen LogP contribution in [0.5, 0.6) is 0 Å². The third-order valence-corrected chi connectivity index (χ3v) is 5.21. The summed E-state index contributed by atoms with van der Waals surface area (Å²) in [5, 5.41) is 0. The molecule has 1 aromatic rings. The molecule has 106 valence electrons. The van der Waals surface area contributed by atoms with Crippen LogP contribution < -0.4 is 0 Å². The molecule has 3 unspecified atom stereocenters. The van der Waals surface area contributed by atoms with E-state index in [0.717, 1.165) is 5.56 Å². The van der Waals surface area contributed by atoms with Crippen LogP contribution in [0.2, 0.25) is 0 Å². The van der Waals surface area contributed by atoms with Crippen LogP contribution in [0.4, 0.5) is 0 Å². The standard InChI is InChI=1S/C13H17BrO4S/c1-9(8-19(16)17)13(2,14)11-6-4-10(5-7-11)12(15)18-3/h4-7,9H,8H2,1-3H3,(H,16,17). The van der Waals surface area contributed by atoms with Crippen LogP contribution in [0.3, 0.4) is 0 Å². The molecule has 4 nitrogen and oxygen atoms in total. The molecule has 0 aliphatic carbocycles. The van der Waals surface area contributed by atoms with Crippen LogP contribution in [0, 0.1) is 5.92 Å². The van der Waals surface area contributed by atoms with E-state index >= 15 is 0 Å². The quantitative estimate of drug-likeness (QED) is 0.504. The third-order valence-electron chi connectivity index (χ3n) is 3.19. The van der Waals surface area contributed by atoms with Crippen molar-refractivity contribution in [2.45, 2.75) is 18.2 Å². The summed E-state index contributed by atoms with van der Waals surface area (Å²) in [6, 6.07) is 7.00. The van der Waals surface area contributed by atoms with Gasteiger partial charge in [0.25, 0.3) is 0 Å². The largest absolute Gasteiger partial charge is 0.465 e. The molecule has 0 spiro atoms. The molecule has 3 atom stereocenters. The number of alkyl halides is 1. The summed E-state index contributed by atoms with van der Waals surface area (Å²) in [7, 11) is 1.34. The monoisotopic (exact) mass is 348 g/mol. The van der Waals surface area contributed by atoms with Crippen LogP contribution >= 0.6 is 15.9 Å². The second kappa shape index (κ2) is 6.63. The minimum absolute atomic E-state index is 0.0395. The molecule has 0 bridgehead atoms. The number of carbonyl (C=O) groups is 1. The number of hydrogen-bond donors (Lipinski definition) is 1. The predicted molar refractivity (Wildman–Crippen MR) is 78.9 cm³/mol. The fraction of sp³-hybridized carbons (Fsp3) is 0.462. The molecule has 1 aromatic carbocycles. The van der Waals surface area contributed by atoms with Gasteiger partial charge in [-0.2, -0.15) is 0 Å². The van der Waals surface area contributed by atoms with Gasteiger partial charge in [-0.25, -0.2) is 9.00 Å². The van der Waals surface area contributed by atoms with E-state index in [1.165, 1.54) is 7.11 Å². The Morgan fingerprint density at radius 2 is 2.00 bits per heavy atom. The number of halogens is 1. The highest BCUT2D eigenvalue weighted by molar-refractivity contribution is 9.09. The lowest BCUT2D eigenvalue weighted by atomic mass is 9.89. The number of ether oxygens (including phenoxy) is 1. The smallest absolute Gasteiger partial charge is 0.337 e. The van der Waals surface area contributed by atoms with Crippen molar-refractivity contribution in [2.75, 3.05) is 12.9 Å². The summed E-state index contributed by atoms with van der Waals surface area (Å²) < 4.78 is 24.1. The van der Waals surface area contributed by atoms with Crippen molar-refractivity contribution < 1.29 is 18.3 Å². The number of carbonyl (C=O) groups excluding carboxylic acids is 1. The average molecular weight is 349 g/mol. The van der Waals surface area contributed by atoms with Gasteiger partial charge in [-0.3, -0.25) is 0 Å². The molecule has 0 saturated heterocycles. The molecule has 0 radical (unpaired) electrons. The first-order valence-electron chi connectivity index (χ1n) is 5.74. The first kappa shape index (κ1) is 16.3. The lowest BCUT2D eigenvalue weighted by molar-refractivity contribution is 0.0600. The number of methoxy groups -OCH3 is 1. The number of benzene rings is 1. The third kappa shape index (κ3) is 4.12. The van der Waals surface area contributed by atoms with Gasteiger partial charge in [0.15, 0.2) is 11.1 Å². The van der Waals surface area contributed by atoms with Gasteiger partial charge in [0.1, 0.15) is 0 Å². The highest BCUT2D eigenvalue weighted by Crippen LogP contribution is 2.38. The van der Waals surface area contributed by atoms with E-state index in [0.29, 0.717) is 5.56 Å². The van der Waals surface area contributed by atoms with Crippen molar-refractivity contribution >= 4 is 33.0 Å². The van der Waals surface area contributed by atoms with Crippen molar-refractivity contribution in [1.29, 1.82) is 0 Å². The molecule has 0 heterocycles. The van der Waals surface area contributed by atoms with Crippen molar-refractivity contribution in [1.82, 2.24) is 0 Å². The number of rotatable bonds is 5. The number of hydrogen-bond acceptors (Lipinski definition) is 3. The fourth-order valence-electron chi connectivity index (χ4n) is 1.70. The normalized spacial score (nSPS) is 17.3. The first-order valence-corrected chi connectivity index (χ1v) is 7.81. The maximum absolute atomic E-state index is 11.3. The van der Waals surface area contributed by atoms with Gasteiger partial charge < -0.3 is 9.29 Å². The Bertz CT molecular complexity index is 470. The van der Waals surface area contributed by atoms with Gasteiger partial charge in [-0.05, 0) is 30.5 Å². The highest BCUT2D eigenvalue weighted by atomic mass is 79.9. The van der Waals surface area contributed by atoms with Crippen LogP contribution in [0.1, 0.15) is 29.8 Å². The Hall–Kier alpha value is -0.720. The highest BCUT2D eigenvalue weighted by Gasteiger charge is 2.31. The Kier molecular flexibility index (Phi) is 5.70. The molecule has 6 heteroatoms. The summed E-state index contributed by atoms with van der Waals surface area (Å²) in [5.74, 6) is -0.241. The predicted octanol–water partition coefficient (Wildman–Crippen LogP) is 2.94. The lowest BCUT2D eigenvalue weighted by Gasteiger charge is -2.29. The van der Waals surface area contributed by atoms with Crippen LogP contribution in [0.15, 0.2) is 24.3 Å². The van der Waals surface area contributed by atoms with Gasteiger partial charge in [0.2, 0.25) is 0 Å². The van der Waals surface area contributed by atoms with Crippen molar-refractivity contribution in [3.8, 4) is 0 Å². The Balaban J connectivity index is 2.95. The molecule has 0 fully saturated rings. The first-order chi connectivity index (χ1) is 8.78. The summed E-state index contributed by atoms with van der Waals surface area (Å²) in [6.45, 7) is 3.84. The second-order valence-electron chi connectivity index (χ2n) is 4.53. The molecule has 0 amide bonds. The molecule has 0 aromatic heterocycles. The van der Waals surface area contributed by atoms with Crippen LogP contribution in [-0.4, -0.2) is 27.6 Å². The molecule has 0 aliphatic rings. The molecule has 19 heavy (non-hydrogen) atoms. The SMILES string of the molecule is COC(=O)c1ccc(C(C)(Br)C(C)CS(=O)O)cc1. The topological polar surface area (TPSA) is 63.6 Å². The fourth-order valence-corrected chi connectivity index (χ4v) is 3.11. The van der Waals surface area contributed by atoms with E-state index in [2.05, 4.69) is 20.7 Å². The van der Waals surface area contributed by atoms with Gasteiger partial charge in [0.05, 0.1) is 22.8 Å². The zero-order chi connectivity index (χ0) is 14.6. The van der Waals surface area contributed by atoms with Gasteiger partial charge in [0, 0.05) is 0 Å². The maximum Gasteiger partial charge on any atom is 0.337 e. The van der Waals surface area contributed by atoms with E-state index in [9.17, 15) is 9.00 Å². The van der Waals surface area contributed by atoms with E-state index in [4.69, 9.17) is 4.55 Å². The Morgan fingerprint density at radius 3 is 2.42 bits per heavy atom. The lowest BCUT2D eigenvalue weighted by Crippen LogP contribution is -2.27. The van der Waals surface area contributed by atoms with E-state index < -0.39 is 15.4 Å². The Labute approximate surface area is 124 Å². The van der Waals surface area contributed by atoms with E-state index in [1.807, 2.05) is 26.0 Å². The molecular formula is C13H17BrO4S. The maximum atomic E-state index is 11.3. The minimum Gasteiger partial charge on any atom is -0.465 e. The summed E-state index contributed by atoms with van der Waals surface area (Å²) >= 11 is 1.77. The molecule has 0 saturated carbocycles. The number of esters is 1. The van der Waals surface area contributed by atoms with Gasteiger partial charge >= 0.3 is 5.97 Å². The zero-order valence-electron chi connectivity index (χ0n) is 11.1. The second-order valence-corrected chi connectivity index (χ2v) is 7.16. The van der Waals surface area contributed by atoms with Crippen molar-refractivity contribution in [3.05, 3.63) is 35.4 Å². The molecule has 0 aliphatic heterocycles. The van der Waals surface area contributed by atoms with Crippen molar-refractivity contribution in [2.24, 2.45) is 5.92 Å². The molecule has 1 rings (SSSR count). The average Bonchev–Trinajstić information content (AvgIpc) is 2.37. The van der Waals surface area contributed by atoms with E-state index in [-0.39, 0.29) is 17.6 Å². The molecular weight excluding hydrogens is 332 g/mol. The zero-order valence-corrected chi connectivity index (χ0v) is 13.5. The van der Waals surface area contributed by atoms with Gasteiger partial charge in [-0.15, -0.1) is 0 Å².